The summed E-state index contributed by atoms with van der Waals surface area (Å²) < 4.78 is 58.7. The van der Waals surface area contributed by atoms with Crippen molar-refractivity contribution >= 4 is 17.1 Å². The van der Waals surface area contributed by atoms with Crippen molar-refractivity contribution in [3.63, 3.8) is 0 Å². The van der Waals surface area contributed by atoms with Crippen LogP contribution in [0.2, 0.25) is 0 Å². The van der Waals surface area contributed by atoms with Crippen molar-refractivity contribution in [2.45, 2.75) is 19.1 Å². The molecule has 0 aliphatic carbocycles. The minimum absolute atomic E-state index is 0.132. The number of H-pyrrole nitrogens is 1. The maximum Gasteiger partial charge on any atom is 0.416 e. The molecule has 2 aromatic heterocycles. The van der Waals surface area contributed by atoms with E-state index in [-0.39, 0.29) is 41.6 Å². The number of hydrogen-bond donors (Lipinski definition) is 1. The van der Waals surface area contributed by atoms with Crippen molar-refractivity contribution in [3.8, 4) is 16.9 Å². The Morgan fingerprint density at radius 1 is 1.16 bits per heavy atom. The largest absolute Gasteiger partial charge is 0.491 e. The fraction of sp³-hybridized carbons (Fsp3) is 0.350. The number of rotatable bonds is 6. The maximum absolute atomic E-state index is 13.3. The van der Waals surface area contributed by atoms with E-state index in [1.165, 1.54) is 22.9 Å². The molecule has 0 spiro atoms. The molecule has 0 radical (unpaired) electrons. The van der Waals surface area contributed by atoms with Crippen molar-refractivity contribution in [3.05, 3.63) is 46.5 Å². The molecule has 0 bridgehead atoms. The molecule has 164 valence electrons. The number of nitrogens with zero attached hydrogens (tertiary/aromatic N) is 3. The molecule has 1 fully saturated rings. The van der Waals surface area contributed by atoms with E-state index in [2.05, 4.69) is 9.97 Å². The van der Waals surface area contributed by atoms with Gasteiger partial charge in [0.15, 0.2) is 5.65 Å². The number of imidazole rings is 1. The van der Waals surface area contributed by atoms with E-state index in [0.29, 0.717) is 18.6 Å². The van der Waals surface area contributed by atoms with Crippen LogP contribution in [-0.4, -0.2) is 51.7 Å². The van der Waals surface area contributed by atoms with Crippen LogP contribution in [0.4, 0.5) is 17.6 Å². The van der Waals surface area contributed by atoms with Gasteiger partial charge in [0.25, 0.3) is 0 Å². The summed E-state index contributed by atoms with van der Waals surface area (Å²) in [5, 5.41) is 0. The molecule has 4 rings (SSSR count). The van der Waals surface area contributed by atoms with Crippen molar-refractivity contribution in [2.24, 2.45) is 0 Å². The summed E-state index contributed by atoms with van der Waals surface area (Å²) in [6, 6.07) is 4.54. The lowest BCUT2D eigenvalue weighted by molar-refractivity contribution is -0.137. The van der Waals surface area contributed by atoms with Gasteiger partial charge in [-0.25, -0.2) is 14.2 Å². The number of amides is 1. The second kappa shape index (κ2) is 8.05. The average Bonchev–Trinajstić information content (AvgIpc) is 2.98. The number of carbonyl (C=O) groups is 1. The molecule has 0 atom stereocenters. The number of nitrogens with one attached hydrogen (secondary N) is 1. The predicted molar refractivity (Wildman–Crippen MR) is 103 cm³/mol. The second-order valence-electron chi connectivity index (χ2n) is 7.12. The average molecular weight is 438 g/mol. The van der Waals surface area contributed by atoms with Crippen molar-refractivity contribution in [1.29, 1.82) is 0 Å². The van der Waals surface area contributed by atoms with Gasteiger partial charge in [-0.1, -0.05) is 0 Å². The van der Waals surface area contributed by atoms with Crippen molar-refractivity contribution in [1.82, 2.24) is 19.4 Å². The van der Waals surface area contributed by atoms with E-state index in [9.17, 15) is 27.2 Å². The number of aromatic nitrogens is 3. The van der Waals surface area contributed by atoms with Crippen molar-refractivity contribution in [2.75, 3.05) is 26.4 Å². The number of ether oxygens (including phenoxy) is 1. The number of aromatic amines is 1. The number of hydrogen-bond acceptors (Lipinski definition) is 4. The Bertz CT molecular complexity index is 1180. The fourth-order valence-electron chi connectivity index (χ4n) is 3.32. The maximum atomic E-state index is 13.3. The Morgan fingerprint density at radius 3 is 2.58 bits per heavy atom. The Labute approximate surface area is 173 Å². The second-order valence-corrected chi connectivity index (χ2v) is 7.12. The van der Waals surface area contributed by atoms with E-state index >= 15 is 0 Å². The van der Waals surface area contributed by atoms with E-state index < -0.39 is 24.1 Å². The van der Waals surface area contributed by atoms with Crippen molar-refractivity contribution < 1.29 is 27.1 Å². The lowest BCUT2D eigenvalue weighted by atomic mass is 10.0. The molecule has 1 aromatic carbocycles. The van der Waals surface area contributed by atoms with Crippen LogP contribution in [0, 0.1) is 0 Å². The molecule has 1 N–H and O–H groups in total. The molecule has 0 saturated carbocycles. The van der Waals surface area contributed by atoms with Gasteiger partial charge in [-0.15, -0.1) is 0 Å². The Hall–Kier alpha value is -3.37. The number of alkyl halides is 4. The first-order valence-electron chi connectivity index (χ1n) is 9.54. The standard InChI is InChI=1S/C20H18F4N4O3/c21-2-5-31-15-7-12(6-14(9-15)20(22,23)24)13-8-16-18(25-10-13)26-19(30)28(16)11-17(29)27-3-1-4-27/h6-10H,1-5,11H2,(H,25,26,30). The van der Waals surface area contributed by atoms with Gasteiger partial charge in [0.1, 0.15) is 25.6 Å². The smallest absolute Gasteiger partial charge is 0.416 e. The van der Waals surface area contributed by atoms with E-state index in [1.54, 1.807) is 4.90 Å². The van der Waals surface area contributed by atoms with Gasteiger partial charge in [0, 0.05) is 24.8 Å². The highest BCUT2D eigenvalue weighted by atomic mass is 19.4. The zero-order valence-corrected chi connectivity index (χ0v) is 16.2. The summed E-state index contributed by atoms with van der Waals surface area (Å²) in [6.45, 7) is -0.165. The molecular formula is C20H18F4N4O3. The molecule has 7 nitrogen and oxygen atoms in total. The number of likely N-dealkylation sites (tertiary alicyclic amines) is 1. The fourth-order valence-corrected chi connectivity index (χ4v) is 3.32. The molecule has 1 amide bonds. The van der Waals surface area contributed by atoms with E-state index in [4.69, 9.17) is 4.74 Å². The molecule has 1 aliphatic heterocycles. The third-order valence-electron chi connectivity index (χ3n) is 5.04. The van der Waals surface area contributed by atoms with Gasteiger partial charge in [-0.05, 0) is 36.2 Å². The molecule has 1 aliphatic rings. The first-order chi connectivity index (χ1) is 14.8. The SMILES string of the molecule is O=C(Cn1c(=O)[nH]c2ncc(-c3cc(OCCF)cc(C(F)(F)F)c3)cc21)N1CCC1. The normalized spacial score (nSPS) is 14.0. The first kappa shape index (κ1) is 20.9. The summed E-state index contributed by atoms with van der Waals surface area (Å²) in [7, 11) is 0. The Kier molecular flexibility index (Phi) is 5.42. The summed E-state index contributed by atoms with van der Waals surface area (Å²) >= 11 is 0. The molecule has 3 aromatic rings. The highest BCUT2D eigenvalue weighted by Crippen LogP contribution is 2.36. The van der Waals surface area contributed by atoms with Crippen LogP contribution in [0.5, 0.6) is 5.75 Å². The lowest BCUT2D eigenvalue weighted by Crippen LogP contribution is -2.44. The number of carbonyl (C=O) groups excluding carboxylic acids is 1. The lowest BCUT2D eigenvalue weighted by Gasteiger charge is -2.30. The number of pyridine rings is 1. The quantitative estimate of drug-likeness (QED) is 0.600. The summed E-state index contributed by atoms with van der Waals surface area (Å²) in [6.07, 6.45) is -2.42. The highest BCUT2D eigenvalue weighted by molar-refractivity contribution is 5.82. The number of halogens is 4. The molecule has 31 heavy (non-hydrogen) atoms. The topological polar surface area (TPSA) is 80.2 Å². The Balaban J connectivity index is 1.76. The third kappa shape index (κ3) is 4.25. The van der Waals surface area contributed by atoms with Gasteiger partial charge in [0.2, 0.25) is 5.91 Å². The van der Waals surface area contributed by atoms with Crippen LogP contribution < -0.4 is 10.4 Å². The monoisotopic (exact) mass is 438 g/mol. The number of fused-ring (bicyclic) bond motifs is 1. The summed E-state index contributed by atoms with van der Waals surface area (Å²) in [5.74, 6) is -0.359. The predicted octanol–water partition coefficient (Wildman–Crippen LogP) is 2.99. The van der Waals surface area contributed by atoms with Crippen LogP contribution in [-0.2, 0) is 17.5 Å². The minimum Gasteiger partial charge on any atom is -0.491 e. The number of benzene rings is 1. The van der Waals surface area contributed by atoms with E-state index in [1.807, 2.05) is 0 Å². The molecule has 0 unspecified atom stereocenters. The van der Waals surface area contributed by atoms with Gasteiger partial charge >= 0.3 is 11.9 Å². The zero-order valence-electron chi connectivity index (χ0n) is 16.2. The van der Waals surface area contributed by atoms with Crippen LogP contribution in [0.3, 0.4) is 0 Å². The van der Waals surface area contributed by atoms with Gasteiger partial charge < -0.3 is 9.64 Å². The van der Waals surface area contributed by atoms with Crippen LogP contribution in [0.25, 0.3) is 22.3 Å². The summed E-state index contributed by atoms with van der Waals surface area (Å²) in [5.41, 5.74) is -0.575. The van der Waals surface area contributed by atoms with Crippen LogP contribution in [0.1, 0.15) is 12.0 Å². The first-order valence-corrected chi connectivity index (χ1v) is 9.54. The van der Waals surface area contributed by atoms with E-state index in [0.717, 1.165) is 18.6 Å². The van der Waals surface area contributed by atoms with Gasteiger partial charge in [0.05, 0.1) is 11.1 Å². The molecule has 1 saturated heterocycles. The summed E-state index contributed by atoms with van der Waals surface area (Å²) in [4.78, 5) is 32.9. The zero-order chi connectivity index (χ0) is 22.2. The molecular weight excluding hydrogens is 420 g/mol. The third-order valence-corrected chi connectivity index (χ3v) is 5.04. The van der Waals surface area contributed by atoms with Crippen LogP contribution >= 0.6 is 0 Å². The van der Waals surface area contributed by atoms with Crippen LogP contribution in [0.15, 0.2) is 35.3 Å². The highest BCUT2D eigenvalue weighted by Gasteiger charge is 2.31. The molecule has 11 heteroatoms. The van der Waals surface area contributed by atoms with Gasteiger partial charge in [-0.3, -0.25) is 14.3 Å². The van der Waals surface area contributed by atoms with Gasteiger partial charge in [-0.2, -0.15) is 13.2 Å². The minimum atomic E-state index is -4.64. The Morgan fingerprint density at radius 2 is 1.94 bits per heavy atom. The molecule has 3 heterocycles.